The van der Waals surface area contributed by atoms with Crippen LogP contribution in [0, 0.1) is 12.8 Å². The summed E-state index contributed by atoms with van der Waals surface area (Å²) in [6.07, 6.45) is 13.0. The molecule has 0 saturated heterocycles. The molecule has 1 fully saturated rings. The maximum atomic E-state index is 2.42. The third kappa shape index (κ3) is 2.34. The minimum Gasteiger partial charge on any atom is -0.0528 e. The molecule has 0 aromatic carbocycles. The van der Waals surface area contributed by atoms with Crippen LogP contribution in [0.1, 0.15) is 38.5 Å². The van der Waals surface area contributed by atoms with Crippen molar-refractivity contribution in [2.75, 3.05) is 0 Å². The first kappa shape index (κ1) is 6.12. The molecule has 0 atom stereocenters. The molecule has 1 rings (SSSR count). The summed E-state index contributed by atoms with van der Waals surface area (Å²) in [5.41, 5.74) is 0. The van der Waals surface area contributed by atoms with Crippen LogP contribution < -0.4 is 0 Å². The van der Waals surface area contributed by atoms with Crippen LogP contribution in [-0.2, 0) is 0 Å². The lowest BCUT2D eigenvalue weighted by Gasteiger charge is -2.05. The zero-order valence-electron chi connectivity index (χ0n) is 5.40. The van der Waals surface area contributed by atoms with Gasteiger partial charge in [-0.2, -0.15) is 0 Å². The van der Waals surface area contributed by atoms with Gasteiger partial charge in [0, 0.05) is 0 Å². The van der Waals surface area contributed by atoms with Gasteiger partial charge in [0.1, 0.15) is 0 Å². The van der Waals surface area contributed by atoms with Crippen LogP contribution in [0.15, 0.2) is 0 Å². The summed E-state index contributed by atoms with van der Waals surface area (Å²) >= 11 is 0. The second-order valence-corrected chi connectivity index (χ2v) is 2.44. The summed E-state index contributed by atoms with van der Waals surface area (Å²) in [5, 5.41) is 0. The fourth-order valence-electron chi connectivity index (χ4n) is 1.10. The van der Waals surface area contributed by atoms with E-state index in [4.69, 9.17) is 0 Å². The summed E-state index contributed by atoms with van der Waals surface area (Å²) in [6, 6.07) is 0. The summed E-state index contributed by atoms with van der Waals surface area (Å²) in [4.78, 5) is 0. The van der Waals surface area contributed by atoms with Crippen molar-refractivity contribution in [3.8, 4) is 0 Å². The number of rotatable bonds is 0. The van der Waals surface area contributed by atoms with Crippen LogP contribution in [0.3, 0.4) is 0 Å². The zero-order chi connectivity index (χ0) is 5.66. The zero-order valence-corrected chi connectivity index (χ0v) is 5.40. The third-order valence-corrected chi connectivity index (χ3v) is 1.63. The summed E-state index contributed by atoms with van der Waals surface area (Å²) in [5.74, 6) is 0. The Morgan fingerprint density at radius 1 is 0.625 bits per heavy atom. The van der Waals surface area contributed by atoms with Gasteiger partial charge < -0.3 is 0 Å². The summed E-state index contributed by atoms with van der Waals surface area (Å²) < 4.78 is 0. The molecule has 1 saturated carbocycles. The van der Waals surface area contributed by atoms with E-state index in [1.54, 1.807) is 0 Å². The molecule has 0 bridgehead atoms. The average Bonchev–Trinajstić information content (AvgIpc) is 1.62. The molecule has 0 aromatic heterocycles. The van der Waals surface area contributed by atoms with Crippen molar-refractivity contribution in [2.45, 2.75) is 38.5 Å². The second kappa shape index (κ2) is 3.94. The predicted molar refractivity (Wildman–Crippen MR) is 36.3 cm³/mol. The average molecular weight is 110 g/mol. The van der Waals surface area contributed by atoms with Gasteiger partial charge in [0.05, 0.1) is 0 Å². The van der Waals surface area contributed by atoms with Crippen molar-refractivity contribution >= 4 is 0 Å². The Kier molecular flexibility index (Phi) is 3.01. The highest BCUT2D eigenvalue weighted by atomic mass is 14.0. The molecule has 0 aliphatic heterocycles. The Labute approximate surface area is 52.3 Å². The normalized spacial score (nSPS) is 24.0. The molecule has 0 spiro atoms. The van der Waals surface area contributed by atoms with Crippen molar-refractivity contribution in [3.63, 3.8) is 0 Å². The quantitative estimate of drug-likeness (QED) is 0.450. The molecule has 0 unspecified atom stereocenters. The van der Waals surface area contributed by atoms with Gasteiger partial charge in [0.15, 0.2) is 0 Å². The topological polar surface area (TPSA) is 0 Å². The van der Waals surface area contributed by atoms with E-state index < -0.39 is 0 Å². The van der Waals surface area contributed by atoms with E-state index in [-0.39, 0.29) is 0 Å². The first-order valence-electron chi connectivity index (χ1n) is 3.63. The van der Waals surface area contributed by atoms with Crippen molar-refractivity contribution < 1.29 is 0 Å². The van der Waals surface area contributed by atoms with Gasteiger partial charge in [-0.25, -0.2) is 0 Å². The molecule has 0 nitrogen and oxygen atoms in total. The largest absolute Gasteiger partial charge is 0.0528 e. The minimum absolute atomic E-state index is 1.34. The van der Waals surface area contributed by atoms with E-state index in [0.29, 0.717) is 0 Å². The van der Waals surface area contributed by atoms with Crippen LogP contribution in [0.4, 0.5) is 0 Å². The molecule has 0 amide bonds. The molecule has 1 aliphatic rings. The van der Waals surface area contributed by atoms with Gasteiger partial charge in [-0.05, 0) is 12.8 Å². The standard InChI is InChI=1S/C8H14/c1-2-4-6-8-7-5-3-1/h1,8H,2-7H2. The first-order valence-corrected chi connectivity index (χ1v) is 3.63. The lowest BCUT2D eigenvalue weighted by atomic mass is 10.0. The molecule has 1 aliphatic carbocycles. The summed E-state index contributed by atoms with van der Waals surface area (Å²) in [6.45, 7) is 0. The molecular formula is C8H14. The SMILES string of the molecule is [CH]1CCC[CH]CCC1. The fraction of sp³-hybridized carbons (Fsp3) is 0.750. The van der Waals surface area contributed by atoms with Gasteiger partial charge in [0.2, 0.25) is 0 Å². The van der Waals surface area contributed by atoms with Crippen molar-refractivity contribution in [1.29, 1.82) is 0 Å². The lowest BCUT2D eigenvalue weighted by Crippen LogP contribution is -1.87. The molecule has 46 valence electrons. The lowest BCUT2D eigenvalue weighted by molar-refractivity contribution is 0.652. The maximum Gasteiger partial charge on any atom is -0.0386 e. The van der Waals surface area contributed by atoms with Gasteiger partial charge in [-0.3, -0.25) is 0 Å². The van der Waals surface area contributed by atoms with E-state index in [0.717, 1.165) is 0 Å². The molecule has 2 radical (unpaired) electrons. The summed E-state index contributed by atoms with van der Waals surface area (Å²) in [7, 11) is 0. The van der Waals surface area contributed by atoms with Gasteiger partial charge in [-0.15, -0.1) is 0 Å². The molecule has 8 heavy (non-hydrogen) atoms. The second-order valence-electron chi connectivity index (χ2n) is 2.44. The van der Waals surface area contributed by atoms with Crippen molar-refractivity contribution in [1.82, 2.24) is 0 Å². The Morgan fingerprint density at radius 3 is 1.38 bits per heavy atom. The Morgan fingerprint density at radius 2 is 1.00 bits per heavy atom. The van der Waals surface area contributed by atoms with Crippen molar-refractivity contribution in [2.24, 2.45) is 0 Å². The van der Waals surface area contributed by atoms with Crippen LogP contribution in [0.5, 0.6) is 0 Å². The van der Waals surface area contributed by atoms with E-state index in [1.165, 1.54) is 38.5 Å². The van der Waals surface area contributed by atoms with Crippen LogP contribution in [-0.4, -0.2) is 0 Å². The Bertz CT molecular complexity index is 24.0. The van der Waals surface area contributed by atoms with Crippen LogP contribution in [0.25, 0.3) is 0 Å². The third-order valence-electron chi connectivity index (χ3n) is 1.63. The fourth-order valence-corrected chi connectivity index (χ4v) is 1.10. The molecule has 0 heterocycles. The minimum atomic E-state index is 1.34. The van der Waals surface area contributed by atoms with E-state index in [9.17, 15) is 0 Å². The van der Waals surface area contributed by atoms with Gasteiger partial charge in [0.25, 0.3) is 0 Å². The highest BCUT2D eigenvalue weighted by Crippen LogP contribution is 2.13. The number of hydrogen-bond donors (Lipinski definition) is 0. The molecule has 0 heteroatoms. The van der Waals surface area contributed by atoms with Crippen LogP contribution in [0.2, 0.25) is 0 Å². The Hall–Kier alpha value is 0. The first-order chi connectivity index (χ1) is 4.00. The highest BCUT2D eigenvalue weighted by Gasteiger charge is 1.96. The smallest absolute Gasteiger partial charge is 0.0386 e. The van der Waals surface area contributed by atoms with Crippen molar-refractivity contribution in [3.05, 3.63) is 12.8 Å². The monoisotopic (exact) mass is 110 g/mol. The maximum absolute atomic E-state index is 2.42. The molecule has 0 N–H and O–H groups in total. The Balaban J connectivity index is 2.00. The van der Waals surface area contributed by atoms with Gasteiger partial charge >= 0.3 is 0 Å². The number of hydrogen-bond acceptors (Lipinski definition) is 0. The molecular weight excluding hydrogens is 96.1 g/mol. The predicted octanol–water partition coefficient (Wildman–Crippen LogP) is 2.75. The van der Waals surface area contributed by atoms with E-state index >= 15 is 0 Å². The van der Waals surface area contributed by atoms with Gasteiger partial charge in [-0.1, -0.05) is 38.5 Å². The highest BCUT2D eigenvalue weighted by molar-refractivity contribution is 4.74. The van der Waals surface area contributed by atoms with E-state index in [2.05, 4.69) is 12.8 Å². The van der Waals surface area contributed by atoms with E-state index in [1.807, 2.05) is 0 Å². The molecule has 0 aromatic rings. The van der Waals surface area contributed by atoms with Crippen LogP contribution >= 0.6 is 0 Å².